The quantitative estimate of drug-likeness (QED) is 0.576. The Morgan fingerprint density at radius 2 is 1.53 bits per heavy atom. The van der Waals surface area contributed by atoms with Gasteiger partial charge >= 0.3 is 6.01 Å². The summed E-state index contributed by atoms with van der Waals surface area (Å²) in [7, 11) is 3.55. The topological polar surface area (TPSA) is 113 Å². The number of piperazine rings is 1. The molecule has 0 unspecified atom stereocenters. The van der Waals surface area contributed by atoms with Crippen molar-refractivity contribution in [2.45, 2.75) is 6.92 Å². The van der Waals surface area contributed by atoms with Crippen molar-refractivity contribution < 1.29 is 14.3 Å². The van der Waals surface area contributed by atoms with Crippen LogP contribution in [0.5, 0.6) is 6.01 Å². The Bertz CT molecular complexity index is 1160. The Hall–Kier alpha value is -4.05. The third kappa shape index (κ3) is 5.65. The molecule has 10 heteroatoms. The summed E-state index contributed by atoms with van der Waals surface area (Å²) < 4.78 is 5.25. The molecule has 176 valence electrons. The van der Waals surface area contributed by atoms with Crippen molar-refractivity contribution in [2.75, 3.05) is 51.0 Å². The van der Waals surface area contributed by atoms with Crippen LogP contribution in [0.4, 0.5) is 17.3 Å². The maximum atomic E-state index is 12.8. The zero-order valence-electron chi connectivity index (χ0n) is 19.4. The normalized spacial score (nSPS) is 13.9. The molecule has 1 aliphatic heterocycles. The molecule has 2 aromatic carbocycles. The van der Waals surface area contributed by atoms with Crippen LogP contribution in [0.15, 0.2) is 48.5 Å². The molecule has 0 spiro atoms. The third-order valence-corrected chi connectivity index (χ3v) is 5.44. The van der Waals surface area contributed by atoms with E-state index in [2.05, 4.69) is 37.5 Å². The number of amides is 2. The predicted octanol–water partition coefficient (Wildman–Crippen LogP) is 2.64. The molecule has 0 saturated carbocycles. The van der Waals surface area contributed by atoms with Gasteiger partial charge in [0.1, 0.15) is 0 Å². The maximum Gasteiger partial charge on any atom is 0.321 e. The van der Waals surface area contributed by atoms with Gasteiger partial charge in [0.25, 0.3) is 5.91 Å². The monoisotopic (exact) mass is 461 g/mol. The molecule has 0 aliphatic carbocycles. The van der Waals surface area contributed by atoms with Gasteiger partial charge in [0.2, 0.25) is 11.9 Å². The summed E-state index contributed by atoms with van der Waals surface area (Å²) >= 11 is 0. The zero-order chi connectivity index (χ0) is 24.1. The molecule has 1 aromatic heterocycles. The number of likely N-dealkylation sites (N-methyl/N-ethyl adjacent to an activating group) is 1. The number of hydrogen-bond acceptors (Lipinski definition) is 8. The summed E-state index contributed by atoms with van der Waals surface area (Å²) in [4.78, 5) is 41.2. The highest BCUT2D eigenvalue weighted by molar-refractivity contribution is 5.94. The molecule has 0 atom stereocenters. The second kappa shape index (κ2) is 10.3. The zero-order valence-corrected chi connectivity index (χ0v) is 19.4. The third-order valence-electron chi connectivity index (χ3n) is 5.44. The minimum Gasteiger partial charge on any atom is -0.467 e. The van der Waals surface area contributed by atoms with Gasteiger partial charge in [-0.15, -0.1) is 0 Å². The van der Waals surface area contributed by atoms with Crippen LogP contribution in [0.3, 0.4) is 0 Å². The highest BCUT2D eigenvalue weighted by atomic mass is 16.5. The Morgan fingerprint density at radius 3 is 2.15 bits per heavy atom. The Kier molecular flexibility index (Phi) is 6.98. The molecule has 34 heavy (non-hydrogen) atoms. The fourth-order valence-electron chi connectivity index (χ4n) is 3.56. The van der Waals surface area contributed by atoms with E-state index in [1.165, 1.54) is 14.0 Å². The van der Waals surface area contributed by atoms with E-state index in [9.17, 15) is 9.59 Å². The van der Waals surface area contributed by atoms with Gasteiger partial charge in [-0.05, 0) is 43.4 Å². The number of methoxy groups -OCH3 is 1. The van der Waals surface area contributed by atoms with Crippen LogP contribution >= 0.6 is 0 Å². The van der Waals surface area contributed by atoms with E-state index in [-0.39, 0.29) is 17.8 Å². The van der Waals surface area contributed by atoms with Crippen LogP contribution in [-0.2, 0) is 4.79 Å². The van der Waals surface area contributed by atoms with Crippen molar-refractivity contribution in [3.8, 4) is 17.4 Å². The van der Waals surface area contributed by atoms with E-state index in [1.54, 1.807) is 36.4 Å². The lowest BCUT2D eigenvalue weighted by Crippen LogP contribution is -2.47. The first-order valence-electron chi connectivity index (χ1n) is 10.9. The van der Waals surface area contributed by atoms with Gasteiger partial charge in [0.15, 0.2) is 5.82 Å². The summed E-state index contributed by atoms with van der Waals surface area (Å²) in [5, 5.41) is 5.85. The minimum atomic E-state index is -0.135. The minimum absolute atomic E-state index is 0.0259. The smallest absolute Gasteiger partial charge is 0.321 e. The molecule has 1 aliphatic rings. The molecule has 4 rings (SSSR count). The fourth-order valence-corrected chi connectivity index (χ4v) is 3.56. The number of nitrogens with one attached hydrogen (secondary N) is 2. The number of rotatable bonds is 6. The van der Waals surface area contributed by atoms with Gasteiger partial charge in [-0.2, -0.15) is 15.0 Å². The Morgan fingerprint density at radius 1 is 0.882 bits per heavy atom. The van der Waals surface area contributed by atoms with Crippen LogP contribution in [0.25, 0.3) is 11.4 Å². The average Bonchev–Trinajstić information content (AvgIpc) is 2.85. The molecule has 2 N–H and O–H groups in total. The molecule has 1 saturated heterocycles. The molecule has 2 amide bonds. The molecular formula is C24H27N7O3. The average molecular weight is 462 g/mol. The van der Waals surface area contributed by atoms with Crippen molar-refractivity contribution in [1.82, 2.24) is 24.8 Å². The lowest BCUT2D eigenvalue weighted by Gasteiger charge is -2.32. The lowest BCUT2D eigenvalue weighted by atomic mass is 10.1. The highest BCUT2D eigenvalue weighted by Gasteiger charge is 2.20. The predicted molar refractivity (Wildman–Crippen MR) is 129 cm³/mol. The van der Waals surface area contributed by atoms with Gasteiger partial charge in [-0.1, -0.05) is 12.1 Å². The second-order valence-electron chi connectivity index (χ2n) is 8.03. The molecule has 0 radical (unpaired) electrons. The van der Waals surface area contributed by atoms with Crippen LogP contribution in [-0.4, -0.2) is 76.9 Å². The molecule has 2 heterocycles. The maximum absolute atomic E-state index is 12.8. The number of ether oxygens (including phenoxy) is 1. The van der Waals surface area contributed by atoms with Crippen LogP contribution in [0.1, 0.15) is 17.3 Å². The van der Waals surface area contributed by atoms with Gasteiger partial charge in [-0.3, -0.25) is 9.59 Å². The highest BCUT2D eigenvalue weighted by Crippen LogP contribution is 2.23. The van der Waals surface area contributed by atoms with Gasteiger partial charge < -0.3 is 25.2 Å². The first-order chi connectivity index (χ1) is 16.4. The van der Waals surface area contributed by atoms with Crippen LogP contribution < -0.4 is 15.4 Å². The Labute approximate surface area is 198 Å². The summed E-state index contributed by atoms with van der Waals surface area (Å²) in [6, 6.07) is 14.6. The fraction of sp³-hybridized carbons (Fsp3) is 0.292. The molecule has 10 nitrogen and oxygen atoms in total. The van der Waals surface area contributed by atoms with E-state index in [0.29, 0.717) is 23.0 Å². The number of aromatic nitrogens is 3. The van der Waals surface area contributed by atoms with E-state index >= 15 is 0 Å². The summed E-state index contributed by atoms with van der Waals surface area (Å²) in [5.41, 5.74) is 2.80. The summed E-state index contributed by atoms with van der Waals surface area (Å²) in [6.45, 7) is 4.66. The number of hydrogen-bond donors (Lipinski definition) is 2. The van der Waals surface area contributed by atoms with Crippen molar-refractivity contribution in [2.24, 2.45) is 0 Å². The second-order valence-corrected chi connectivity index (χ2v) is 8.03. The molecule has 1 fully saturated rings. The largest absolute Gasteiger partial charge is 0.467 e. The van der Waals surface area contributed by atoms with Crippen LogP contribution in [0.2, 0.25) is 0 Å². The van der Waals surface area contributed by atoms with E-state index in [0.717, 1.165) is 37.4 Å². The number of carbonyl (C=O) groups excluding carboxylic acids is 2. The Balaban J connectivity index is 1.51. The van der Waals surface area contributed by atoms with E-state index in [1.807, 2.05) is 17.0 Å². The number of benzene rings is 2. The number of nitrogens with zero attached hydrogens (tertiary/aromatic N) is 5. The number of anilines is 3. The van der Waals surface area contributed by atoms with Crippen molar-refractivity contribution >= 4 is 29.1 Å². The molecule has 3 aromatic rings. The van der Waals surface area contributed by atoms with Gasteiger partial charge in [-0.25, -0.2) is 0 Å². The first kappa shape index (κ1) is 23.1. The first-order valence-corrected chi connectivity index (χ1v) is 10.9. The van der Waals surface area contributed by atoms with Crippen LogP contribution in [0, 0.1) is 0 Å². The molecule has 0 bridgehead atoms. The SMILES string of the molecule is COc1nc(Nc2ccc(NC(C)=O)cc2)nc(-c2ccc(C(=O)N3CCN(C)CC3)cc2)n1. The summed E-state index contributed by atoms with van der Waals surface area (Å²) in [6.07, 6.45) is 0. The molecular weight excluding hydrogens is 434 g/mol. The number of carbonyl (C=O) groups is 2. The summed E-state index contributed by atoms with van der Waals surface area (Å²) in [5.74, 6) is 0.622. The van der Waals surface area contributed by atoms with Crippen molar-refractivity contribution in [3.63, 3.8) is 0 Å². The van der Waals surface area contributed by atoms with Crippen molar-refractivity contribution in [1.29, 1.82) is 0 Å². The van der Waals surface area contributed by atoms with Gasteiger partial charge in [0, 0.05) is 55.6 Å². The lowest BCUT2D eigenvalue weighted by molar-refractivity contribution is -0.114. The van der Waals surface area contributed by atoms with E-state index in [4.69, 9.17) is 4.74 Å². The standard InChI is InChI=1S/C24H27N7O3/c1-16(32)25-19-8-10-20(11-9-19)26-23-27-21(28-24(29-23)34-3)17-4-6-18(7-5-17)22(33)31-14-12-30(2)13-15-31/h4-11H,12-15H2,1-3H3,(H,25,32)(H,26,27,28,29). The van der Waals surface area contributed by atoms with Crippen molar-refractivity contribution in [3.05, 3.63) is 54.1 Å². The van der Waals surface area contributed by atoms with E-state index < -0.39 is 0 Å². The van der Waals surface area contributed by atoms with Gasteiger partial charge in [0.05, 0.1) is 7.11 Å².